The zero-order chi connectivity index (χ0) is 12.5. The molecule has 0 atom stereocenters. The summed E-state index contributed by atoms with van der Waals surface area (Å²) in [6.45, 7) is 3.96. The van der Waals surface area contributed by atoms with Crippen LogP contribution in [-0.4, -0.2) is 26.9 Å². The van der Waals surface area contributed by atoms with Crippen LogP contribution in [0, 0.1) is 0 Å². The van der Waals surface area contributed by atoms with Crippen molar-refractivity contribution >= 4 is 15.9 Å². The summed E-state index contributed by atoms with van der Waals surface area (Å²) in [6.07, 6.45) is 0.876. The maximum atomic E-state index is 5.71. The van der Waals surface area contributed by atoms with Crippen LogP contribution in [-0.2, 0) is 10.1 Å². The van der Waals surface area contributed by atoms with E-state index in [1.165, 1.54) is 5.56 Å². The van der Waals surface area contributed by atoms with Crippen LogP contribution in [0.4, 0.5) is 0 Å². The SMILES string of the molecule is CCOc1ccc(CBr)cc1OCCCOC. The van der Waals surface area contributed by atoms with Crippen LogP contribution in [0.15, 0.2) is 18.2 Å². The minimum absolute atomic E-state index is 0.639. The third-order valence-corrected chi connectivity index (χ3v) is 2.86. The number of rotatable bonds is 8. The van der Waals surface area contributed by atoms with Crippen molar-refractivity contribution in [2.75, 3.05) is 26.9 Å². The summed E-state index contributed by atoms with van der Waals surface area (Å²) in [6, 6.07) is 5.99. The maximum Gasteiger partial charge on any atom is 0.161 e. The number of alkyl halides is 1. The zero-order valence-electron chi connectivity index (χ0n) is 10.4. The van der Waals surface area contributed by atoms with Gasteiger partial charge in [-0.25, -0.2) is 0 Å². The Morgan fingerprint density at radius 1 is 1.12 bits per heavy atom. The van der Waals surface area contributed by atoms with Crippen molar-refractivity contribution < 1.29 is 14.2 Å². The second-order valence-electron chi connectivity index (χ2n) is 3.54. The Balaban J connectivity index is 2.64. The Hall–Kier alpha value is -0.740. The molecule has 0 bridgehead atoms. The Morgan fingerprint density at radius 3 is 2.59 bits per heavy atom. The molecule has 0 radical (unpaired) electrons. The summed E-state index contributed by atoms with van der Waals surface area (Å²) in [4.78, 5) is 0. The van der Waals surface area contributed by atoms with E-state index in [9.17, 15) is 0 Å². The van der Waals surface area contributed by atoms with Crippen LogP contribution in [0.3, 0.4) is 0 Å². The number of hydrogen-bond acceptors (Lipinski definition) is 3. The highest BCUT2D eigenvalue weighted by atomic mass is 79.9. The molecule has 0 spiro atoms. The highest BCUT2D eigenvalue weighted by Crippen LogP contribution is 2.29. The van der Waals surface area contributed by atoms with Gasteiger partial charge in [-0.2, -0.15) is 0 Å². The fourth-order valence-electron chi connectivity index (χ4n) is 1.41. The third kappa shape index (κ3) is 4.96. The lowest BCUT2D eigenvalue weighted by Crippen LogP contribution is -2.03. The molecule has 0 saturated carbocycles. The van der Waals surface area contributed by atoms with Crippen LogP contribution < -0.4 is 9.47 Å². The topological polar surface area (TPSA) is 27.7 Å². The zero-order valence-corrected chi connectivity index (χ0v) is 12.0. The van der Waals surface area contributed by atoms with Crippen molar-refractivity contribution in [3.8, 4) is 11.5 Å². The monoisotopic (exact) mass is 302 g/mol. The molecule has 1 aromatic rings. The van der Waals surface area contributed by atoms with Gasteiger partial charge in [0.1, 0.15) is 0 Å². The summed E-state index contributed by atoms with van der Waals surface area (Å²) >= 11 is 3.43. The van der Waals surface area contributed by atoms with Crippen molar-refractivity contribution in [2.24, 2.45) is 0 Å². The standard InChI is InChI=1S/C13H19BrO3/c1-3-16-12-6-5-11(10-14)9-13(12)17-8-4-7-15-2/h5-6,9H,3-4,7-8,10H2,1-2H3. The van der Waals surface area contributed by atoms with E-state index in [1.54, 1.807) is 7.11 Å². The number of hydrogen-bond donors (Lipinski definition) is 0. The largest absolute Gasteiger partial charge is 0.490 e. The van der Waals surface area contributed by atoms with Gasteiger partial charge in [0, 0.05) is 25.5 Å². The highest BCUT2D eigenvalue weighted by molar-refractivity contribution is 9.08. The molecule has 17 heavy (non-hydrogen) atoms. The van der Waals surface area contributed by atoms with Gasteiger partial charge in [-0.1, -0.05) is 22.0 Å². The number of methoxy groups -OCH3 is 1. The fraction of sp³-hybridized carbons (Fsp3) is 0.538. The second-order valence-corrected chi connectivity index (χ2v) is 4.10. The molecule has 0 amide bonds. The van der Waals surface area contributed by atoms with E-state index in [0.29, 0.717) is 19.8 Å². The maximum absolute atomic E-state index is 5.71. The summed E-state index contributed by atoms with van der Waals surface area (Å²) in [5.41, 5.74) is 1.18. The molecule has 0 N–H and O–H groups in total. The van der Waals surface area contributed by atoms with E-state index < -0.39 is 0 Å². The smallest absolute Gasteiger partial charge is 0.161 e. The van der Waals surface area contributed by atoms with E-state index in [-0.39, 0.29) is 0 Å². The Morgan fingerprint density at radius 2 is 1.94 bits per heavy atom. The first-order chi connectivity index (χ1) is 8.31. The molecular formula is C13H19BrO3. The first-order valence-corrected chi connectivity index (χ1v) is 6.87. The van der Waals surface area contributed by atoms with Gasteiger partial charge < -0.3 is 14.2 Å². The minimum Gasteiger partial charge on any atom is -0.490 e. The van der Waals surface area contributed by atoms with Crippen molar-refractivity contribution in [2.45, 2.75) is 18.7 Å². The van der Waals surface area contributed by atoms with Gasteiger partial charge in [0.25, 0.3) is 0 Å². The molecule has 1 rings (SSSR count). The van der Waals surface area contributed by atoms with Crippen molar-refractivity contribution in [3.05, 3.63) is 23.8 Å². The normalized spacial score (nSPS) is 10.3. The summed E-state index contributed by atoms with van der Waals surface area (Å²) < 4.78 is 16.2. The summed E-state index contributed by atoms with van der Waals surface area (Å²) in [7, 11) is 1.69. The van der Waals surface area contributed by atoms with Gasteiger partial charge in [-0.3, -0.25) is 0 Å². The lowest BCUT2D eigenvalue weighted by Gasteiger charge is -2.12. The fourth-order valence-corrected chi connectivity index (χ4v) is 1.76. The van der Waals surface area contributed by atoms with Gasteiger partial charge in [0.2, 0.25) is 0 Å². The molecule has 0 unspecified atom stereocenters. The van der Waals surface area contributed by atoms with Gasteiger partial charge >= 0.3 is 0 Å². The first-order valence-electron chi connectivity index (χ1n) is 5.75. The molecule has 0 aliphatic rings. The molecular weight excluding hydrogens is 284 g/mol. The van der Waals surface area contributed by atoms with Crippen molar-refractivity contribution in [1.29, 1.82) is 0 Å². The van der Waals surface area contributed by atoms with Gasteiger partial charge in [0.05, 0.1) is 13.2 Å². The van der Waals surface area contributed by atoms with Crippen LogP contribution >= 0.6 is 15.9 Å². The Bertz CT molecular complexity index is 328. The van der Waals surface area contributed by atoms with E-state index >= 15 is 0 Å². The van der Waals surface area contributed by atoms with Crippen molar-refractivity contribution in [1.82, 2.24) is 0 Å². The quantitative estimate of drug-likeness (QED) is 0.544. The van der Waals surface area contributed by atoms with Crippen LogP contribution in [0.2, 0.25) is 0 Å². The molecule has 0 aromatic heterocycles. The van der Waals surface area contributed by atoms with Crippen molar-refractivity contribution in [3.63, 3.8) is 0 Å². The molecule has 0 aliphatic heterocycles. The molecule has 96 valence electrons. The summed E-state index contributed by atoms with van der Waals surface area (Å²) in [5, 5.41) is 0.813. The number of halogens is 1. The molecule has 0 heterocycles. The lowest BCUT2D eigenvalue weighted by atomic mass is 10.2. The Kier molecular flexibility index (Phi) is 7.05. The number of ether oxygens (including phenoxy) is 3. The Labute approximate surface area is 111 Å². The van der Waals surface area contributed by atoms with E-state index in [0.717, 1.165) is 23.2 Å². The van der Waals surface area contributed by atoms with Gasteiger partial charge in [-0.15, -0.1) is 0 Å². The molecule has 4 heteroatoms. The molecule has 0 saturated heterocycles. The number of benzene rings is 1. The van der Waals surface area contributed by atoms with Crippen LogP contribution in [0.1, 0.15) is 18.9 Å². The van der Waals surface area contributed by atoms with E-state index in [2.05, 4.69) is 15.9 Å². The second kappa shape index (κ2) is 8.37. The van der Waals surface area contributed by atoms with Gasteiger partial charge in [0.15, 0.2) is 11.5 Å². The van der Waals surface area contributed by atoms with E-state index in [4.69, 9.17) is 14.2 Å². The average Bonchev–Trinajstić information content (AvgIpc) is 2.36. The lowest BCUT2D eigenvalue weighted by molar-refractivity contribution is 0.170. The average molecular weight is 303 g/mol. The first kappa shape index (κ1) is 14.3. The molecule has 0 aliphatic carbocycles. The predicted molar refractivity (Wildman–Crippen MR) is 72.2 cm³/mol. The van der Waals surface area contributed by atoms with Gasteiger partial charge in [-0.05, 0) is 24.6 Å². The van der Waals surface area contributed by atoms with E-state index in [1.807, 2.05) is 25.1 Å². The van der Waals surface area contributed by atoms with Crippen LogP contribution in [0.25, 0.3) is 0 Å². The molecule has 1 aromatic carbocycles. The molecule has 0 fully saturated rings. The highest BCUT2D eigenvalue weighted by Gasteiger charge is 2.05. The summed E-state index contributed by atoms with van der Waals surface area (Å²) in [5.74, 6) is 1.61. The minimum atomic E-state index is 0.639. The van der Waals surface area contributed by atoms with Crippen LogP contribution in [0.5, 0.6) is 11.5 Å². The predicted octanol–water partition coefficient (Wildman–Crippen LogP) is 3.40. The molecule has 3 nitrogen and oxygen atoms in total. The third-order valence-electron chi connectivity index (χ3n) is 2.21.